The molecule has 1 heterocycles. The number of nitriles is 1. The molecular weight excluding hydrogens is 278 g/mol. The van der Waals surface area contributed by atoms with Crippen LogP contribution >= 0.6 is 0 Å². The number of nitrogens with zero attached hydrogens (tertiary/aromatic N) is 3. The number of hydrogen-bond donors (Lipinski definition) is 4. The van der Waals surface area contributed by atoms with Crippen molar-refractivity contribution in [1.82, 2.24) is 25.9 Å². The number of para-hydroxylation sites is 2. The lowest BCUT2D eigenvalue weighted by Gasteiger charge is -2.08. The summed E-state index contributed by atoms with van der Waals surface area (Å²) in [5, 5.41) is 17.6. The number of nitrogens with one attached hydrogen (secondary N) is 4. The van der Waals surface area contributed by atoms with Crippen molar-refractivity contribution in [1.29, 1.82) is 5.26 Å². The zero-order chi connectivity index (χ0) is 15.6. The van der Waals surface area contributed by atoms with E-state index in [2.05, 4.69) is 30.9 Å². The Bertz CT molecular complexity index is 620. The lowest BCUT2D eigenvalue weighted by molar-refractivity contribution is 0.651. The Balaban J connectivity index is 1.71. The first-order valence-electron chi connectivity index (χ1n) is 7.41. The normalized spacial score (nSPS) is 11.4. The van der Waals surface area contributed by atoms with E-state index in [1.807, 2.05) is 37.4 Å². The van der Waals surface area contributed by atoms with Gasteiger partial charge in [0.1, 0.15) is 5.82 Å². The van der Waals surface area contributed by atoms with Gasteiger partial charge in [-0.2, -0.15) is 5.26 Å². The molecule has 1 aromatic carbocycles. The van der Waals surface area contributed by atoms with Crippen LogP contribution in [0.5, 0.6) is 0 Å². The van der Waals surface area contributed by atoms with Gasteiger partial charge in [-0.3, -0.25) is 10.3 Å². The fourth-order valence-corrected chi connectivity index (χ4v) is 1.98. The molecule has 0 atom stereocenters. The molecule has 22 heavy (non-hydrogen) atoms. The van der Waals surface area contributed by atoms with Gasteiger partial charge in [0, 0.05) is 19.6 Å². The molecular formula is C15H21N7. The number of benzene rings is 1. The molecule has 4 N–H and O–H groups in total. The van der Waals surface area contributed by atoms with Crippen LogP contribution < -0.4 is 16.0 Å². The number of aliphatic imine (C=N–C) groups is 1. The van der Waals surface area contributed by atoms with Crippen LogP contribution in [-0.4, -0.2) is 35.6 Å². The molecule has 0 amide bonds. The SMILES string of the molecule is CCC/N=C(\NC#N)NCCNCc1nc2ccccc2[nH]1. The van der Waals surface area contributed by atoms with Crippen molar-refractivity contribution in [2.75, 3.05) is 19.6 Å². The Labute approximate surface area is 129 Å². The molecule has 0 saturated carbocycles. The molecule has 0 aliphatic rings. The molecule has 7 heteroatoms. The summed E-state index contributed by atoms with van der Waals surface area (Å²) in [6.45, 7) is 4.84. The largest absolute Gasteiger partial charge is 0.354 e. The van der Waals surface area contributed by atoms with E-state index >= 15 is 0 Å². The van der Waals surface area contributed by atoms with Gasteiger partial charge in [-0.1, -0.05) is 19.1 Å². The number of imidazole rings is 1. The quantitative estimate of drug-likeness (QED) is 0.201. The van der Waals surface area contributed by atoms with Gasteiger partial charge in [-0.05, 0) is 18.6 Å². The van der Waals surface area contributed by atoms with E-state index in [-0.39, 0.29) is 0 Å². The Morgan fingerprint density at radius 2 is 2.23 bits per heavy atom. The number of aromatic nitrogens is 2. The van der Waals surface area contributed by atoms with Crippen LogP contribution in [-0.2, 0) is 6.54 Å². The summed E-state index contributed by atoms with van der Waals surface area (Å²) in [4.78, 5) is 12.0. The highest BCUT2D eigenvalue weighted by Gasteiger charge is 2.01. The highest BCUT2D eigenvalue weighted by Crippen LogP contribution is 2.09. The van der Waals surface area contributed by atoms with E-state index in [9.17, 15) is 0 Å². The van der Waals surface area contributed by atoms with E-state index in [1.54, 1.807) is 0 Å². The standard InChI is InChI=1S/C15H21N7/c1-2-7-18-15(20-11-16)19-9-8-17-10-14-21-12-5-3-4-6-13(12)22-14/h3-6,17H,2,7-10H2,1H3,(H,21,22)(H2,18,19,20). The first kappa shape index (κ1) is 15.8. The average Bonchev–Trinajstić information content (AvgIpc) is 2.94. The molecule has 0 spiro atoms. The van der Waals surface area contributed by atoms with Crippen LogP contribution in [0.1, 0.15) is 19.2 Å². The predicted octanol–water partition coefficient (Wildman–Crippen LogP) is 1.08. The maximum absolute atomic E-state index is 8.65. The van der Waals surface area contributed by atoms with Gasteiger partial charge in [-0.15, -0.1) is 0 Å². The van der Waals surface area contributed by atoms with Crippen molar-refractivity contribution in [3.63, 3.8) is 0 Å². The van der Waals surface area contributed by atoms with Gasteiger partial charge in [0.25, 0.3) is 0 Å². The highest BCUT2D eigenvalue weighted by molar-refractivity contribution is 5.81. The minimum Gasteiger partial charge on any atom is -0.354 e. The topological polar surface area (TPSA) is 101 Å². The Hall–Kier alpha value is -2.59. The lowest BCUT2D eigenvalue weighted by Crippen LogP contribution is -2.38. The predicted molar refractivity (Wildman–Crippen MR) is 87.1 cm³/mol. The lowest BCUT2D eigenvalue weighted by atomic mass is 10.3. The van der Waals surface area contributed by atoms with Crippen molar-refractivity contribution in [2.45, 2.75) is 19.9 Å². The van der Waals surface area contributed by atoms with Gasteiger partial charge in [0.05, 0.1) is 17.6 Å². The summed E-state index contributed by atoms with van der Waals surface area (Å²) in [6.07, 6.45) is 2.83. The third-order valence-corrected chi connectivity index (χ3v) is 2.99. The molecule has 0 radical (unpaired) electrons. The molecule has 0 saturated heterocycles. The summed E-state index contributed by atoms with van der Waals surface area (Å²) in [7, 11) is 0. The van der Waals surface area contributed by atoms with E-state index in [4.69, 9.17) is 5.26 Å². The minimum atomic E-state index is 0.523. The zero-order valence-electron chi connectivity index (χ0n) is 12.7. The second kappa shape index (κ2) is 8.64. The molecule has 7 nitrogen and oxygen atoms in total. The third-order valence-electron chi connectivity index (χ3n) is 2.99. The van der Waals surface area contributed by atoms with Crippen molar-refractivity contribution >= 4 is 17.0 Å². The molecule has 0 aliphatic heterocycles. The summed E-state index contributed by atoms with van der Waals surface area (Å²) < 4.78 is 0. The highest BCUT2D eigenvalue weighted by atomic mass is 15.2. The molecule has 116 valence electrons. The van der Waals surface area contributed by atoms with Crippen molar-refractivity contribution in [3.8, 4) is 6.19 Å². The fraction of sp³-hybridized carbons (Fsp3) is 0.400. The molecule has 0 aliphatic carbocycles. The maximum atomic E-state index is 8.65. The minimum absolute atomic E-state index is 0.523. The smallest absolute Gasteiger partial charge is 0.204 e. The van der Waals surface area contributed by atoms with Crippen LogP contribution in [0.15, 0.2) is 29.3 Å². The molecule has 2 aromatic rings. The van der Waals surface area contributed by atoms with Gasteiger partial charge in [0.2, 0.25) is 5.96 Å². The zero-order valence-corrected chi connectivity index (χ0v) is 12.7. The summed E-state index contributed by atoms with van der Waals surface area (Å²) in [5.41, 5.74) is 2.02. The van der Waals surface area contributed by atoms with E-state index in [0.29, 0.717) is 25.6 Å². The van der Waals surface area contributed by atoms with Crippen LogP contribution in [0.3, 0.4) is 0 Å². The van der Waals surface area contributed by atoms with Gasteiger partial charge in [-0.25, -0.2) is 4.98 Å². The third kappa shape index (κ3) is 4.75. The number of rotatable bonds is 7. The molecule has 0 fully saturated rings. The van der Waals surface area contributed by atoms with Gasteiger partial charge >= 0.3 is 0 Å². The Kier molecular flexibility index (Phi) is 6.20. The van der Waals surface area contributed by atoms with Crippen molar-refractivity contribution in [2.24, 2.45) is 4.99 Å². The fourth-order valence-electron chi connectivity index (χ4n) is 1.98. The van der Waals surface area contributed by atoms with Crippen molar-refractivity contribution in [3.05, 3.63) is 30.1 Å². The molecule has 0 bridgehead atoms. The Morgan fingerprint density at radius 1 is 1.36 bits per heavy atom. The number of guanidine groups is 1. The monoisotopic (exact) mass is 299 g/mol. The van der Waals surface area contributed by atoms with Crippen LogP contribution in [0, 0.1) is 11.5 Å². The second-order valence-electron chi connectivity index (χ2n) is 4.77. The van der Waals surface area contributed by atoms with E-state index in [0.717, 1.165) is 29.8 Å². The number of fused-ring (bicyclic) bond motifs is 1. The van der Waals surface area contributed by atoms with Crippen LogP contribution in [0.2, 0.25) is 0 Å². The summed E-state index contributed by atoms with van der Waals surface area (Å²) in [6, 6.07) is 7.96. The molecule has 1 aromatic heterocycles. The van der Waals surface area contributed by atoms with Gasteiger partial charge < -0.3 is 15.6 Å². The maximum Gasteiger partial charge on any atom is 0.204 e. The number of aromatic amines is 1. The number of H-pyrrole nitrogens is 1. The first-order chi connectivity index (χ1) is 10.8. The molecule has 0 unspecified atom stereocenters. The van der Waals surface area contributed by atoms with Gasteiger partial charge in [0.15, 0.2) is 6.19 Å². The first-order valence-corrected chi connectivity index (χ1v) is 7.41. The van der Waals surface area contributed by atoms with E-state index in [1.165, 1.54) is 0 Å². The van der Waals surface area contributed by atoms with E-state index < -0.39 is 0 Å². The molecule has 2 rings (SSSR count). The summed E-state index contributed by atoms with van der Waals surface area (Å²) >= 11 is 0. The second-order valence-corrected chi connectivity index (χ2v) is 4.77. The van der Waals surface area contributed by atoms with Crippen LogP contribution in [0.4, 0.5) is 0 Å². The summed E-state index contributed by atoms with van der Waals surface area (Å²) in [5.74, 6) is 1.44. The average molecular weight is 299 g/mol. The number of hydrogen-bond acceptors (Lipinski definition) is 4. The Morgan fingerprint density at radius 3 is 3.00 bits per heavy atom. The van der Waals surface area contributed by atoms with Crippen molar-refractivity contribution < 1.29 is 0 Å². The van der Waals surface area contributed by atoms with Crippen LogP contribution in [0.25, 0.3) is 11.0 Å².